The lowest BCUT2D eigenvalue weighted by Crippen LogP contribution is -1.97. The van der Waals surface area contributed by atoms with Crippen molar-refractivity contribution in [3.8, 4) is 44.9 Å². The molecule has 0 saturated heterocycles. The molecule has 0 radical (unpaired) electrons. The van der Waals surface area contributed by atoms with Crippen molar-refractivity contribution in [2.75, 3.05) is 0 Å². The Morgan fingerprint density at radius 3 is 1.71 bits per heavy atom. The van der Waals surface area contributed by atoms with Gasteiger partial charge in [0.15, 0.2) is 0 Å². The van der Waals surface area contributed by atoms with Crippen molar-refractivity contribution < 1.29 is 4.74 Å². The van der Waals surface area contributed by atoms with E-state index in [4.69, 9.17) is 4.74 Å². The molecule has 2 heterocycles. The fourth-order valence-electron chi connectivity index (χ4n) is 8.10. The maximum Gasteiger partial charge on any atom is 0.135 e. The van der Waals surface area contributed by atoms with Crippen LogP contribution in [0.1, 0.15) is 0 Å². The van der Waals surface area contributed by atoms with E-state index >= 15 is 0 Å². The van der Waals surface area contributed by atoms with Gasteiger partial charge in [0.2, 0.25) is 0 Å². The summed E-state index contributed by atoms with van der Waals surface area (Å²) in [6.45, 7) is 0. The Kier molecular flexibility index (Phi) is 5.32. The van der Waals surface area contributed by atoms with Crippen LogP contribution in [0.5, 0.6) is 11.5 Å². The number of para-hydroxylation sites is 1. The van der Waals surface area contributed by atoms with Gasteiger partial charge in [0.1, 0.15) is 11.5 Å². The van der Waals surface area contributed by atoms with Crippen LogP contribution in [0.2, 0.25) is 0 Å². The Bertz CT molecular complexity index is 2960. The summed E-state index contributed by atoms with van der Waals surface area (Å²) in [4.78, 5) is 0. The summed E-state index contributed by atoms with van der Waals surface area (Å²) in [6, 6.07) is 57.8. The first-order valence-corrected chi connectivity index (χ1v) is 17.2. The quantitative estimate of drug-likeness (QED) is 0.174. The number of thiophene rings is 1. The molecule has 1 nitrogen and oxygen atoms in total. The van der Waals surface area contributed by atoms with Gasteiger partial charge >= 0.3 is 0 Å². The van der Waals surface area contributed by atoms with Crippen LogP contribution in [0, 0.1) is 0 Å². The lowest BCUT2D eigenvalue weighted by atomic mass is 9.88. The molecular weight excluding hydrogens is 601 g/mol. The average molecular weight is 627 g/mol. The molecule has 0 spiro atoms. The van der Waals surface area contributed by atoms with Gasteiger partial charge in [-0.3, -0.25) is 0 Å². The van der Waals surface area contributed by atoms with Gasteiger partial charge in [-0.1, -0.05) is 127 Å². The molecule has 0 fully saturated rings. The predicted molar refractivity (Wildman–Crippen MR) is 206 cm³/mol. The lowest BCUT2D eigenvalue weighted by Gasteiger charge is -2.22. The van der Waals surface area contributed by atoms with Crippen LogP contribution in [-0.4, -0.2) is 0 Å². The fourth-order valence-corrected chi connectivity index (χ4v) is 9.34. The first-order valence-electron chi connectivity index (χ1n) is 16.4. The minimum absolute atomic E-state index is 0.915. The number of rotatable bonds is 2. The molecule has 0 bridgehead atoms. The smallest absolute Gasteiger partial charge is 0.135 e. The molecule has 1 aliphatic rings. The summed E-state index contributed by atoms with van der Waals surface area (Å²) in [5, 5.41) is 12.7. The first-order chi connectivity index (χ1) is 23.8. The van der Waals surface area contributed by atoms with E-state index in [0.717, 1.165) is 17.1 Å². The fraction of sp³-hybridized carbons (Fsp3) is 0. The van der Waals surface area contributed by atoms with Crippen LogP contribution in [-0.2, 0) is 0 Å². The zero-order valence-corrected chi connectivity index (χ0v) is 26.6. The summed E-state index contributed by atoms with van der Waals surface area (Å²) >= 11 is 1.89. The van der Waals surface area contributed by atoms with Gasteiger partial charge in [0, 0.05) is 31.1 Å². The van der Waals surface area contributed by atoms with Gasteiger partial charge in [-0.15, -0.1) is 11.3 Å². The molecule has 0 atom stereocenters. The zero-order chi connectivity index (χ0) is 31.3. The molecule has 48 heavy (non-hydrogen) atoms. The molecule has 0 amide bonds. The van der Waals surface area contributed by atoms with Gasteiger partial charge in [-0.2, -0.15) is 0 Å². The molecule has 2 heteroatoms. The molecule has 0 N–H and O–H groups in total. The minimum atomic E-state index is 0.915. The van der Waals surface area contributed by atoms with Crippen molar-refractivity contribution in [1.29, 1.82) is 0 Å². The Morgan fingerprint density at radius 2 is 0.917 bits per heavy atom. The number of benzene rings is 9. The second kappa shape index (κ2) is 9.78. The van der Waals surface area contributed by atoms with E-state index in [0.29, 0.717) is 0 Å². The van der Waals surface area contributed by atoms with Crippen LogP contribution in [0.3, 0.4) is 0 Å². The Morgan fingerprint density at radius 1 is 0.333 bits per heavy atom. The van der Waals surface area contributed by atoms with Crippen LogP contribution in [0.4, 0.5) is 0 Å². The maximum absolute atomic E-state index is 6.40. The predicted octanol–water partition coefficient (Wildman–Crippen LogP) is 13.8. The highest BCUT2D eigenvalue weighted by atomic mass is 32.1. The van der Waals surface area contributed by atoms with E-state index in [1.54, 1.807) is 0 Å². The molecule has 0 aliphatic carbocycles. The minimum Gasteiger partial charge on any atom is -0.456 e. The van der Waals surface area contributed by atoms with E-state index in [1.165, 1.54) is 91.1 Å². The van der Waals surface area contributed by atoms with Crippen molar-refractivity contribution in [1.82, 2.24) is 0 Å². The molecule has 1 aliphatic heterocycles. The average Bonchev–Trinajstić information content (AvgIpc) is 3.54. The molecule has 0 saturated carbocycles. The molecule has 1 aromatic heterocycles. The largest absolute Gasteiger partial charge is 0.456 e. The van der Waals surface area contributed by atoms with Crippen molar-refractivity contribution >= 4 is 74.6 Å². The third-order valence-corrected chi connectivity index (χ3v) is 11.5. The van der Waals surface area contributed by atoms with E-state index in [1.807, 2.05) is 17.4 Å². The van der Waals surface area contributed by atoms with Crippen LogP contribution < -0.4 is 4.74 Å². The highest BCUT2D eigenvalue weighted by Crippen LogP contribution is 2.49. The van der Waals surface area contributed by atoms with Crippen LogP contribution in [0.15, 0.2) is 158 Å². The number of hydrogen-bond acceptors (Lipinski definition) is 2. The standard InChI is InChI=1S/C46H26OS/c1-2-10-32-31(9-1)40-25-27(29-23-24-43-45-37(29)14-8-15-38(45)35-11-3-5-17-42(35)47-43)19-21-33(40)34-22-20-28(26-41(32)34)30-13-7-16-39-36-12-4-6-18-44(36)48-46(30)39/h1-26H. The van der Waals surface area contributed by atoms with E-state index < -0.39 is 0 Å². The number of hydrogen-bond donors (Lipinski definition) is 0. The molecule has 0 unspecified atom stereocenters. The normalized spacial score (nSPS) is 12.3. The second-order valence-corrected chi connectivity index (χ2v) is 13.8. The highest BCUT2D eigenvalue weighted by Gasteiger charge is 2.21. The van der Waals surface area contributed by atoms with Gasteiger partial charge in [-0.05, 0) is 95.9 Å². The summed E-state index contributed by atoms with van der Waals surface area (Å²) in [5.74, 6) is 1.83. The van der Waals surface area contributed by atoms with E-state index in [-0.39, 0.29) is 0 Å². The summed E-state index contributed by atoms with van der Waals surface area (Å²) in [5.41, 5.74) is 7.36. The zero-order valence-electron chi connectivity index (χ0n) is 25.8. The van der Waals surface area contributed by atoms with E-state index in [2.05, 4.69) is 152 Å². The second-order valence-electron chi connectivity index (χ2n) is 12.8. The molecular formula is C46H26OS. The van der Waals surface area contributed by atoms with Crippen molar-refractivity contribution in [3.63, 3.8) is 0 Å². The van der Waals surface area contributed by atoms with E-state index in [9.17, 15) is 0 Å². The summed E-state index contributed by atoms with van der Waals surface area (Å²) < 4.78 is 9.08. The van der Waals surface area contributed by atoms with Crippen LogP contribution >= 0.6 is 11.3 Å². The lowest BCUT2D eigenvalue weighted by molar-refractivity contribution is 0.487. The SMILES string of the molecule is c1ccc2c(c1)Oc1ccc(-c3ccc4c5ccc(-c6cccc7c6sc6ccccc67)cc5c5ccccc5c4c3)c3cccc-2c13. The maximum atomic E-state index is 6.40. The van der Waals surface area contributed by atoms with Crippen molar-refractivity contribution in [2.45, 2.75) is 0 Å². The third-order valence-electron chi connectivity index (χ3n) is 10.3. The van der Waals surface area contributed by atoms with Crippen molar-refractivity contribution in [3.05, 3.63) is 158 Å². The monoisotopic (exact) mass is 626 g/mol. The van der Waals surface area contributed by atoms with Gasteiger partial charge < -0.3 is 4.74 Å². The van der Waals surface area contributed by atoms with Crippen molar-refractivity contribution in [2.24, 2.45) is 0 Å². The van der Waals surface area contributed by atoms with Gasteiger partial charge in [0.05, 0.1) is 0 Å². The summed E-state index contributed by atoms with van der Waals surface area (Å²) in [7, 11) is 0. The molecule has 222 valence electrons. The number of fused-ring (bicyclic) bond motifs is 11. The topological polar surface area (TPSA) is 9.23 Å². The van der Waals surface area contributed by atoms with Crippen LogP contribution in [0.25, 0.3) is 96.6 Å². The van der Waals surface area contributed by atoms with Gasteiger partial charge in [0.25, 0.3) is 0 Å². The third kappa shape index (κ3) is 3.61. The summed E-state index contributed by atoms with van der Waals surface area (Å²) in [6.07, 6.45) is 0. The Hall–Kier alpha value is -5.96. The molecule has 9 aromatic carbocycles. The van der Waals surface area contributed by atoms with Gasteiger partial charge in [-0.25, -0.2) is 0 Å². The Balaban J connectivity index is 1.13. The first kappa shape index (κ1) is 26.1. The highest BCUT2D eigenvalue weighted by molar-refractivity contribution is 7.26. The Labute approximate surface area is 280 Å². The molecule has 11 rings (SSSR count). The number of ether oxygens (including phenoxy) is 1. The molecule has 10 aromatic rings.